The normalized spacial score (nSPS) is 13.0. The molecule has 0 radical (unpaired) electrons. The Morgan fingerprint density at radius 2 is 1.76 bits per heavy atom. The fraction of sp³-hybridized carbons (Fsp3) is 0.200. The fourth-order valence-electron chi connectivity index (χ4n) is 1.94. The highest BCUT2D eigenvalue weighted by Gasteiger charge is 2.11. The highest BCUT2D eigenvalue weighted by molar-refractivity contribution is 9.10. The zero-order valence-electron chi connectivity index (χ0n) is 11.6. The summed E-state index contributed by atoms with van der Waals surface area (Å²) in [6.07, 6.45) is 1.20. The molecule has 0 aromatic heterocycles. The van der Waals surface area contributed by atoms with Crippen molar-refractivity contribution in [3.8, 4) is 0 Å². The van der Waals surface area contributed by atoms with Crippen molar-refractivity contribution >= 4 is 43.1 Å². The molecule has 0 aliphatic heterocycles. The van der Waals surface area contributed by atoms with Gasteiger partial charge in [-0.25, -0.2) is 8.42 Å². The molecule has 2 aromatic carbocycles. The van der Waals surface area contributed by atoms with E-state index in [9.17, 15) is 8.42 Å². The lowest BCUT2D eigenvalue weighted by Gasteiger charge is -2.17. The van der Waals surface area contributed by atoms with Crippen LogP contribution < -0.4 is 5.32 Å². The van der Waals surface area contributed by atoms with E-state index >= 15 is 0 Å². The zero-order chi connectivity index (χ0) is 15.6. The molecule has 3 nitrogen and oxygen atoms in total. The van der Waals surface area contributed by atoms with Crippen molar-refractivity contribution in [2.45, 2.75) is 17.9 Å². The zero-order valence-corrected chi connectivity index (χ0v) is 14.8. The number of hydrogen-bond donors (Lipinski definition) is 1. The molecule has 0 aliphatic rings. The topological polar surface area (TPSA) is 46.2 Å². The molecule has 0 bridgehead atoms. The Labute approximate surface area is 138 Å². The van der Waals surface area contributed by atoms with E-state index in [0.29, 0.717) is 9.92 Å². The SMILES string of the molecule is CC(Nc1cccc(Cl)c1Br)c1ccc(S(C)(=O)=O)cc1. The van der Waals surface area contributed by atoms with Crippen LogP contribution >= 0.6 is 27.5 Å². The second kappa shape index (κ2) is 6.38. The number of rotatable bonds is 4. The molecule has 0 amide bonds. The maximum absolute atomic E-state index is 11.5. The van der Waals surface area contributed by atoms with Gasteiger partial charge in [-0.15, -0.1) is 0 Å². The molecule has 6 heteroatoms. The second-order valence-corrected chi connectivity index (χ2v) is 8.02. The third-order valence-corrected chi connectivity index (χ3v) is 5.66. The number of anilines is 1. The Morgan fingerprint density at radius 1 is 1.14 bits per heavy atom. The second-order valence-electron chi connectivity index (χ2n) is 4.81. The van der Waals surface area contributed by atoms with E-state index in [1.807, 2.05) is 37.3 Å². The van der Waals surface area contributed by atoms with Gasteiger partial charge in [-0.1, -0.05) is 29.8 Å². The van der Waals surface area contributed by atoms with Gasteiger partial charge in [0.2, 0.25) is 0 Å². The number of benzene rings is 2. The molecule has 0 aliphatic carbocycles. The highest BCUT2D eigenvalue weighted by Crippen LogP contribution is 2.32. The third-order valence-electron chi connectivity index (χ3n) is 3.13. The summed E-state index contributed by atoms with van der Waals surface area (Å²) in [6, 6.07) is 12.5. The molecule has 0 fully saturated rings. The van der Waals surface area contributed by atoms with Crippen molar-refractivity contribution < 1.29 is 8.42 Å². The number of halogens is 2. The van der Waals surface area contributed by atoms with Gasteiger partial charge in [-0.2, -0.15) is 0 Å². The van der Waals surface area contributed by atoms with E-state index in [-0.39, 0.29) is 6.04 Å². The molecule has 1 atom stereocenters. The predicted octanol–water partition coefficient (Wildman–Crippen LogP) is 4.68. The summed E-state index contributed by atoms with van der Waals surface area (Å²) in [4.78, 5) is 0.322. The first-order chi connectivity index (χ1) is 9.79. The Hall–Kier alpha value is -1.04. The summed E-state index contributed by atoms with van der Waals surface area (Å²) in [5.41, 5.74) is 1.89. The Morgan fingerprint density at radius 3 is 2.33 bits per heavy atom. The van der Waals surface area contributed by atoms with E-state index in [0.717, 1.165) is 15.7 Å². The smallest absolute Gasteiger partial charge is 0.175 e. The summed E-state index contributed by atoms with van der Waals surface area (Å²) in [5.74, 6) is 0. The Balaban J connectivity index is 2.21. The van der Waals surface area contributed by atoms with Crippen LogP contribution in [0.2, 0.25) is 5.02 Å². The average Bonchev–Trinajstić information content (AvgIpc) is 2.43. The maximum atomic E-state index is 11.5. The number of sulfone groups is 1. The molecule has 0 saturated carbocycles. The quantitative estimate of drug-likeness (QED) is 0.827. The Bertz CT molecular complexity index is 745. The third kappa shape index (κ3) is 3.99. The van der Waals surface area contributed by atoms with Crippen LogP contribution in [-0.2, 0) is 9.84 Å². The highest BCUT2D eigenvalue weighted by atomic mass is 79.9. The van der Waals surface area contributed by atoms with Crippen LogP contribution in [0.25, 0.3) is 0 Å². The molecule has 112 valence electrons. The van der Waals surface area contributed by atoms with Crippen LogP contribution in [0.4, 0.5) is 5.69 Å². The standard InChI is InChI=1S/C15H15BrClNO2S/c1-10(18-14-5-3-4-13(17)15(14)16)11-6-8-12(9-7-11)21(2,19)20/h3-10,18H,1-2H3. The molecule has 1 N–H and O–H groups in total. The summed E-state index contributed by atoms with van der Waals surface area (Å²) in [6.45, 7) is 2.00. The molecule has 0 saturated heterocycles. The largest absolute Gasteiger partial charge is 0.378 e. The first kappa shape index (κ1) is 16.3. The van der Waals surface area contributed by atoms with Gasteiger partial charge in [-0.05, 0) is 52.7 Å². The minimum Gasteiger partial charge on any atom is -0.378 e. The summed E-state index contributed by atoms with van der Waals surface area (Å²) in [5, 5.41) is 3.98. The average molecular weight is 389 g/mol. The van der Waals surface area contributed by atoms with E-state index in [1.54, 1.807) is 12.1 Å². The number of hydrogen-bond acceptors (Lipinski definition) is 3. The van der Waals surface area contributed by atoms with Gasteiger partial charge >= 0.3 is 0 Å². The molecular formula is C15H15BrClNO2S. The van der Waals surface area contributed by atoms with Gasteiger partial charge in [0.05, 0.1) is 20.1 Å². The molecule has 0 spiro atoms. The fourth-order valence-corrected chi connectivity index (χ4v) is 3.12. The first-order valence-electron chi connectivity index (χ1n) is 6.29. The lowest BCUT2D eigenvalue weighted by Crippen LogP contribution is -2.07. The minimum atomic E-state index is -3.16. The van der Waals surface area contributed by atoms with E-state index in [2.05, 4.69) is 21.2 Å². The van der Waals surface area contributed by atoms with E-state index in [1.165, 1.54) is 6.26 Å². The van der Waals surface area contributed by atoms with Crippen molar-refractivity contribution in [1.29, 1.82) is 0 Å². The van der Waals surface area contributed by atoms with E-state index < -0.39 is 9.84 Å². The predicted molar refractivity (Wildman–Crippen MR) is 90.7 cm³/mol. The molecular weight excluding hydrogens is 374 g/mol. The van der Waals surface area contributed by atoms with Crippen LogP contribution in [0.1, 0.15) is 18.5 Å². The summed E-state index contributed by atoms with van der Waals surface area (Å²) in [7, 11) is -3.16. The monoisotopic (exact) mass is 387 g/mol. The van der Waals surface area contributed by atoms with Gasteiger partial charge in [0.15, 0.2) is 9.84 Å². The van der Waals surface area contributed by atoms with Crippen LogP contribution in [0.5, 0.6) is 0 Å². The van der Waals surface area contributed by atoms with Crippen LogP contribution in [0.15, 0.2) is 51.8 Å². The summed E-state index contributed by atoms with van der Waals surface area (Å²) < 4.78 is 23.7. The molecule has 21 heavy (non-hydrogen) atoms. The van der Waals surface area contributed by atoms with Crippen molar-refractivity contribution in [1.82, 2.24) is 0 Å². The lowest BCUT2D eigenvalue weighted by atomic mass is 10.1. The van der Waals surface area contributed by atoms with Gasteiger partial charge in [0.25, 0.3) is 0 Å². The molecule has 2 aromatic rings. The molecule has 0 heterocycles. The first-order valence-corrected chi connectivity index (χ1v) is 9.36. The lowest BCUT2D eigenvalue weighted by molar-refractivity contribution is 0.602. The Kier molecular flexibility index (Phi) is 4.96. The van der Waals surface area contributed by atoms with Crippen molar-refractivity contribution in [2.24, 2.45) is 0 Å². The number of nitrogens with one attached hydrogen (secondary N) is 1. The molecule has 2 rings (SSSR count). The van der Waals surface area contributed by atoms with Gasteiger partial charge in [-0.3, -0.25) is 0 Å². The van der Waals surface area contributed by atoms with Crippen LogP contribution in [0.3, 0.4) is 0 Å². The van der Waals surface area contributed by atoms with Gasteiger partial charge in [0, 0.05) is 12.3 Å². The van der Waals surface area contributed by atoms with E-state index in [4.69, 9.17) is 11.6 Å². The summed E-state index contributed by atoms with van der Waals surface area (Å²) >= 11 is 9.51. The van der Waals surface area contributed by atoms with Crippen molar-refractivity contribution in [3.05, 3.63) is 57.5 Å². The van der Waals surface area contributed by atoms with Gasteiger partial charge < -0.3 is 5.32 Å². The van der Waals surface area contributed by atoms with Gasteiger partial charge in [0.1, 0.15) is 0 Å². The maximum Gasteiger partial charge on any atom is 0.175 e. The minimum absolute atomic E-state index is 0.0216. The molecule has 1 unspecified atom stereocenters. The van der Waals surface area contributed by atoms with Crippen molar-refractivity contribution in [3.63, 3.8) is 0 Å². The van der Waals surface area contributed by atoms with Crippen LogP contribution in [0, 0.1) is 0 Å². The van der Waals surface area contributed by atoms with Crippen LogP contribution in [-0.4, -0.2) is 14.7 Å². The van der Waals surface area contributed by atoms with Crippen molar-refractivity contribution in [2.75, 3.05) is 11.6 Å².